The fourth-order valence-corrected chi connectivity index (χ4v) is 1.28. The minimum absolute atomic E-state index is 0.431. The highest BCUT2D eigenvalue weighted by Crippen LogP contribution is 2.16. The molecule has 1 rings (SSSR count). The van der Waals surface area contributed by atoms with Crippen molar-refractivity contribution in [2.75, 3.05) is 5.75 Å². The van der Waals surface area contributed by atoms with Crippen LogP contribution in [0.3, 0.4) is 0 Å². The number of aromatic nitrogens is 1. The van der Waals surface area contributed by atoms with Crippen LogP contribution in [0.2, 0.25) is 0 Å². The summed E-state index contributed by atoms with van der Waals surface area (Å²) in [6.45, 7) is 3.57. The average molecular weight is 169 g/mol. The Morgan fingerprint density at radius 3 is 3.18 bits per heavy atom. The highest BCUT2D eigenvalue weighted by molar-refractivity contribution is 7.99. The molecule has 0 saturated heterocycles. The number of pyridine rings is 1. The molecular formula is C8H8FNS. The quantitative estimate of drug-likeness (QED) is 0.391. The molecule has 3 heteroatoms. The summed E-state index contributed by atoms with van der Waals surface area (Å²) in [7, 11) is 0. The van der Waals surface area contributed by atoms with E-state index in [1.807, 2.05) is 0 Å². The third kappa shape index (κ3) is 2.72. The molecule has 0 amide bonds. The van der Waals surface area contributed by atoms with Crippen molar-refractivity contribution in [1.29, 1.82) is 0 Å². The van der Waals surface area contributed by atoms with Gasteiger partial charge in [-0.25, -0.2) is 4.98 Å². The molecule has 0 N–H and O–H groups in total. The smallest absolute Gasteiger partial charge is 0.213 e. The van der Waals surface area contributed by atoms with Gasteiger partial charge in [0.25, 0.3) is 0 Å². The van der Waals surface area contributed by atoms with Gasteiger partial charge >= 0.3 is 0 Å². The van der Waals surface area contributed by atoms with Gasteiger partial charge in [0.15, 0.2) is 0 Å². The van der Waals surface area contributed by atoms with Gasteiger partial charge in [-0.3, -0.25) is 0 Å². The summed E-state index contributed by atoms with van der Waals surface area (Å²) in [5.41, 5.74) is 0. The first-order valence-electron chi connectivity index (χ1n) is 3.18. The van der Waals surface area contributed by atoms with Crippen molar-refractivity contribution in [2.24, 2.45) is 0 Å². The van der Waals surface area contributed by atoms with Crippen LogP contribution in [0.15, 0.2) is 35.9 Å². The first-order chi connectivity index (χ1) is 5.33. The molecule has 0 unspecified atom stereocenters. The number of hydrogen-bond donors (Lipinski definition) is 0. The van der Waals surface area contributed by atoms with E-state index >= 15 is 0 Å². The van der Waals surface area contributed by atoms with Crippen LogP contribution < -0.4 is 0 Å². The van der Waals surface area contributed by atoms with Gasteiger partial charge in [-0.1, -0.05) is 6.08 Å². The monoisotopic (exact) mass is 169 g/mol. The predicted octanol–water partition coefficient (Wildman–Crippen LogP) is 2.50. The van der Waals surface area contributed by atoms with E-state index in [0.717, 1.165) is 10.6 Å². The zero-order valence-electron chi connectivity index (χ0n) is 5.96. The molecule has 0 radical (unpaired) electrons. The highest BCUT2D eigenvalue weighted by atomic mass is 32.2. The standard InChI is InChI=1S/C8H8FNS/c1-2-5-11-7-3-4-10-8(9)6-7/h2-4,6H,1,5H2. The van der Waals surface area contributed by atoms with Crippen molar-refractivity contribution < 1.29 is 4.39 Å². The molecule has 0 aliphatic carbocycles. The van der Waals surface area contributed by atoms with Gasteiger partial charge in [0.1, 0.15) is 0 Å². The summed E-state index contributed by atoms with van der Waals surface area (Å²) in [5.74, 6) is 0.364. The second-order valence-electron chi connectivity index (χ2n) is 1.91. The molecule has 58 valence electrons. The van der Waals surface area contributed by atoms with Crippen LogP contribution in [-0.2, 0) is 0 Å². The number of hydrogen-bond acceptors (Lipinski definition) is 2. The maximum absolute atomic E-state index is 12.4. The summed E-state index contributed by atoms with van der Waals surface area (Å²) in [6.07, 6.45) is 3.24. The molecule has 0 aliphatic heterocycles. The van der Waals surface area contributed by atoms with Gasteiger partial charge < -0.3 is 0 Å². The maximum Gasteiger partial charge on any atom is 0.213 e. The number of halogens is 1. The summed E-state index contributed by atoms with van der Waals surface area (Å²) in [6, 6.07) is 3.19. The molecule has 0 aliphatic rings. The first-order valence-corrected chi connectivity index (χ1v) is 4.17. The van der Waals surface area contributed by atoms with Gasteiger partial charge in [-0.2, -0.15) is 4.39 Å². The van der Waals surface area contributed by atoms with E-state index in [2.05, 4.69) is 11.6 Å². The van der Waals surface area contributed by atoms with E-state index in [-0.39, 0.29) is 0 Å². The largest absolute Gasteiger partial charge is 0.228 e. The highest BCUT2D eigenvalue weighted by Gasteiger charge is 1.93. The van der Waals surface area contributed by atoms with Crippen molar-refractivity contribution in [3.05, 3.63) is 36.9 Å². The minimum atomic E-state index is -0.431. The number of rotatable bonds is 3. The molecule has 0 spiro atoms. The lowest BCUT2D eigenvalue weighted by Gasteiger charge is -1.95. The fraction of sp³-hybridized carbons (Fsp3) is 0.125. The van der Waals surface area contributed by atoms with Crippen LogP contribution in [0.4, 0.5) is 4.39 Å². The Kier molecular flexibility index (Phi) is 3.11. The van der Waals surface area contributed by atoms with Gasteiger partial charge in [-0.05, 0) is 6.07 Å². The molecule has 1 aromatic heterocycles. The lowest BCUT2D eigenvalue weighted by atomic mass is 10.5. The van der Waals surface area contributed by atoms with E-state index in [1.54, 1.807) is 12.1 Å². The Morgan fingerprint density at radius 1 is 1.73 bits per heavy atom. The van der Waals surface area contributed by atoms with Gasteiger partial charge in [0.2, 0.25) is 5.95 Å². The Balaban J connectivity index is 2.63. The van der Waals surface area contributed by atoms with E-state index in [1.165, 1.54) is 24.0 Å². The fourth-order valence-electron chi connectivity index (χ4n) is 0.630. The van der Waals surface area contributed by atoms with Crippen LogP contribution in [-0.4, -0.2) is 10.7 Å². The normalized spacial score (nSPS) is 9.55. The van der Waals surface area contributed by atoms with Crippen LogP contribution in [0.1, 0.15) is 0 Å². The third-order valence-corrected chi connectivity index (χ3v) is 2.06. The maximum atomic E-state index is 12.4. The second kappa shape index (κ2) is 4.13. The number of nitrogens with zero attached hydrogens (tertiary/aromatic N) is 1. The van der Waals surface area contributed by atoms with Crippen LogP contribution in [0, 0.1) is 5.95 Å². The van der Waals surface area contributed by atoms with Crippen molar-refractivity contribution in [1.82, 2.24) is 4.98 Å². The molecule has 1 nitrogen and oxygen atoms in total. The molecule has 1 aromatic rings. The molecule has 0 saturated carbocycles. The van der Waals surface area contributed by atoms with Crippen LogP contribution in [0.25, 0.3) is 0 Å². The van der Waals surface area contributed by atoms with E-state index in [4.69, 9.17) is 0 Å². The summed E-state index contributed by atoms with van der Waals surface area (Å²) < 4.78 is 12.4. The predicted molar refractivity (Wildman–Crippen MR) is 45.1 cm³/mol. The minimum Gasteiger partial charge on any atom is -0.228 e. The van der Waals surface area contributed by atoms with Gasteiger partial charge in [-0.15, -0.1) is 18.3 Å². The van der Waals surface area contributed by atoms with E-state index < -0.39 is 5.95 Å². The third-order valence-electron chi connectivity index (χ3n) is 1.07. The molecule has 0 aromatic carbocycles. The van der Waals surface area contributed by atoms with E-state index in [9.17, 15) is 4.39 Å². The summed E-state index contributed by atoms with van der Waals surface area (Å²) >= 11 is 1.54. The Labute approximate surface area is 69.3 Å². The molecule has 0 fully saturated rings. The zero-order valence-corrected chi connectivity index (χ0v) is 6.77. The van der Waals surface area contributed by atoms with Crippen molar-refractivity contribution >= 4 is 11.8 Å². The number of thioether (sulfide) groups is 1. The second-order valence-corrected chi connectivity index (χ2v) is 3.01. The van der Waals surface area contributed by atoms with Gasteiger partial charge in [0.05, 0.1) is 0 Å². The first kappa shape index (κ1) is 8.27. The summed E-state index contributed by atoms with van der Waals surface area (Å²) in [4.78, 5) is 4.33. The molecular weight excluding hydrogens is 161 g/mol. The average Bonchev–Trinajstić information content (AvgIpc) is 2.01. The Morgan fingerprint density at radius 2 is 2.55 bits per heavy atom. The van der Waals surface area contributed by atoms with Crippen molar-refractivity contribution in [3.8, 4) is 0 Å². The van der Waals surface area contributed by atoms with E-state index in [0.29, 0.717) is 0 Å². The molecule has 0 atom stereocenters. The zero-order chi connectivity index (χ0) is 8.10. The van der Waals surface area contributed by atoms with Crippen LogP contribution in [0.5, 0.6) is 0 Å². The topological polar surface area (TPSA) is 12.9 Å². The lowest BCUT2D eigenvalue weighted by Crippen LogP contribution is -1.81. The van der Waals surface area contributed by atoms with Crippen LogP contribution >= 0.6 is 11.8 Å². The van der Waals surface area contributed by atoms with Crippen molar-refractivity contribution in [2.45, 2.75) is 4.90 Å². The Bertz CT molecular complexity index is 250. The summed E-state index contributed by atoms with van der Waals surface area (Å²) in [5, 5.41) is 0. The molecule has 0 bridgehead atoms. The SMILES string of the molecule is C=CCSc1ccnc(F)c1. The Hall–Kier alpha value is -0.830. The molecule has 1 heterocycles. The van der Waals surface area contributed by atoms with Gasteiger partial charge in [0, 0.05) is 22.9 Å². The molecule has 11 heavy (non-hydrogen) atoms. The van der Waals surface area contributed by atoms with Crippen molar-refractivity contribution in [3.63, 3.8) is 0 Å². The lowest BCUT2D eigenvalue weighted by molar-refractivity contribution is 0.579.